The molecule has 19 heavy (non-hydrogen) atoms. The monoisotopic (exact) mass is 276 g/mol. The van der Waals surface area contributed by atoms with Crippen LogP contribution in [0.5, 0.6) is 5.75 Å². The van der Waals surface area contributed by atoms with Crippen LogP contribution in [0.4, 0.5) is 0 Å². The number of hydrogen-bond donors (Lipinski definition) is 1. The predicted octanol–water partition coefficient (Wildman–Crippen LogP) is 3.41. The maximum Gasteiger partial charge on any atom is 0.137 e. The molecule has 3 nitrogen and oxygen atoms in total. The fourth-order valence-corrected chi connectivity index (χ4v) is 2.30. The first-order valence-electron chi connectivity index (χ1n) is 6.05. The van der Waals surface area contributed by atoms with Crippen LogP contribution in [0.1, 0.15) is 28.6 Å². The van der Waals surface area contributed by atoms with E-state index in [9.17, 15) is 0 Å². The van der Waals surface area contributed by atoms with Crippen LogP contribution in [0.2, 0.25) is 5.02 Å². The van der Waals surface area contributed by atoms with E-state index in [-0.39, 0.29) is 6.04 Å². The molecule has 0 aliphatic heterocycles. The van der Waals surface area contributed by atoms with Gasteiger partial charge in [0.05, 0.1) is 18.2 Å². The highest BCUT2D eigenvalue weighted by Gasteiger charge is 2.12. The van der Waals surface area contributed by atoms with Crippen LogP contribution >= 0.6 is 11.6 Å². The minimum atomic E-state index is -0.216. The molecule has 1 atom stereocenters. The van der Waals surface area contributed by atoms with Crippen molar-refractivity contribution in [3.63, 3.8) is 0 Å². The Morgan fingerprint density at radius 1 is 1.11 bits per heavy atom. The zero-order valence-corrected chi connectivity index (χ0v) is 12.0. The number of benzene rings is 1. The van der Waals surface area contributed by atoms with Gasteiger partial charge in [0.2, 0.25) is 0 Å². The number of nitrogens with zero attached hydrogens (tertiary/aromatic N) is 1. The van der Waals surface area contributed by atoms with Crippen molar-refractivity contribution in [1.82, 2.24) is 4.98 Å². The maximum atomic E-state index is 6.30. The number of rotatable bonds is 3. The van der Waals surface area contributed by atoms with Gasteiger partial charge in [0, 0.05) is 11.4 Å². The fraction of sp³-hybridized carbons (Fsp3) is 0.267. The van der Waals surface area contributed by atoms with Crippen LogP contribution in [-0.4, -0.2) is 12.1 Å². The number of hydrogen-bond acceptors (Lipinski definition) is 3. The molecule has 0 amide bonds. The maximum absolute atomic E-state index is 6.30. The van der Waals surface area contributed by atoms with Gasteiger partial charge >= 0.3 is 0 Å². The van der Waals surface area contributed by atoms with E-state index < -0.39 is 0 Å². The summed E-state index contributed by atoms with van der Waals surface area (Å²) in [5, 5.41) is 0.584. The number of methoxy groups -OCH3 is 1. The smallest absolute Gasteiger partial charge is 0.137 e. The molecule has 0 aliphatic carbocycles. The molecular weight excluding hydrogens is 260 g/mol. The molecule has 2 aromatic rings. The Kier molecular flexibility index (Phi) is 4.08. The van der Waals surface area contributed by atoms with E-state index in [0.29, 0.717) is 10.8 Å². The van der Waals surface area contributed by atoms with Gasteiger partial charge in [-0.2, -0.15) is 0 Å². The molecule has 0 saturated heterocycles. The molecule has 4 heteroatoms. The number of aryl methyl sites for hydroxylation is 2. The Bertz CT molecular complexity index is 578. The van der Waals surface area contributed by atoms with Crippen LogP contribution in [0, 0.1) is 13.8 Å². The third kappa shape index (κ3) is 3.06. The molecule has 1 aromatic carbocycles. The average molecular weight is 277 g/mol. The highest BCUT2D eigenvalue weighted by atomic mass is 35.5. The summed E-state index contributed by atoms with van der Waals surface area (Å²) in [6.45, 7) is 3.93. The molecule has 0 aliphatic rings. The van der Waals surface area contributed by atoms with Crippen LogP contribution in [0.25, 0.3) is 0 Å². The molecule has 1 heterocycles. The Morgan fingerprint density at radius 3 is 2.32 bits per heavy atom. The predicted molar refractivity (Wildman–Crippen MR) is 77.7 cm³/mol. The van der Waals surface area contributed by atoms with Gasteiger partial charge in [-0.1, -0.05) is 17.7 Å². The molecule has 0 bridgehead atoms. The van der Waals surface area contributed by atoms with Crippen molar-refractivity contribution < 1.29 is 4.74 Å². The van der Waals surface area contributed by atoms with Crippen molar-refractivity contribution in [2.45, 2.75) is 19.9 Å². The lowest BCUT2D eigenvalue weighted by atomic mass is 9.99. The summed E-state index contributed by atoms with van der Waals surface area (Å²) in [5.74, 6) is 0.636. The third-order valence-corrected chi connectivity index (χ3v) is 3.31. The van der Waals surface area contributed by atoms with E-state index in [0.717, 1.165) is 22.5 Å². The highest BCUT2D eigenvalue weighted by molar-refractivity contribution is 6.32. The molecule has 0 spiro atoms. The topological polar surface area (TPSA) is 48.1 Å². The highest BCUT2D eigenvalue weighted by Crippen LogP contribution is 2.29. The minimum absolute atomic E-state index is 0.216. The normalized spacial score (nSPS) is 12.3. The third-order valence-electron chi connectivity index (χ3n) is 3.00. The van der Waals surface area contributed by atoms with E-state index in [1.807, 2.05) is 38.1 Å². The van der Waals surface area contributed by atoms with Gasteiger partial charge < -0.3 is 10.5 Å². The second-order valence-electron chi connectivity index (χ2n) is 4.55. The molecule has 100 valence electrons. The molecule has 0 fully saturated rings. The lowest BCUT2D eigenvalue weighted by Crippen LogP contribution is -2.13. The van der Waals surface area contributed by atoms with Crippen molar-refractivity contribution in [3.8, 4) is 5.75 Å². The SMILES string of the molecule is COc1cc(C(N)c2cc(C)nc(C)c2)ccc1Cl. The Balaban J connectivity index is 2.40. The zero-order chi connectivity index (χ0) is 14.0. The Labute approximate surface area is 118 Å². The van der Waals surface area contributed by atoms with Crippen molar-refractivity contribution in [2.24, 2.45) is 5.73 Å². The first-order chi connectivity index (χ1) is 9.01. The summed E-state index contributed by atoms with van der Waals surface area (Å²) in [6, 6.07) is 9.37. The second kappa shape index (κ2) is 5.59. The van der Waals surface area contributed by atoms with Gasteiger partial charge in [0.25, 0.3) is 0 Å². The summed E-state index contributed by atoms with van der Waals surface area (Å²) in [6.07, 6.45) is 0. The lowest BCUT2D eigenvalue weighted by molar-refractivity contribution is 0.414. The minimum Gasteiger partial charge on any atom is -0.495 e. The summed E-state index contributed by atoms with van der Waals surface area (Å²) in [7, 11) is 1.59. The fourth-order valence-electron chi connectivity index (χ4n) is 2.11. The largest absolute Gasteiger partial charge is 0.495 e. The van der Waals surface area contributed by atoms with Gasteiger partial charge in [-0.3, -0.25) is 4.98 Å². The Morgan fingerprint density at radius 2 is 1.74 bits per heavy atom. The summed E-state index contributed by atoms with van der Waals surface area (Å²) < 4.78 is 5.22. The van der Waals surface area contributed by atoms with E-state index in [2.05, 4.69) is 4.98 Å². The van der Waals surface area contributed by atoms with Crippen molar-refractivity contribution in [1.29, 1.82) is 0 Å². The quantitative estimate of drug-likeness (QED) is 0.935. The summed E-state index contributed by atoms with van der Waals surface area (Å²) >= 11 is 6.02. The molecule has 2 rings (SSSR count). The number of ether oxygens (including phenoxy) is 1. The first kappa shape index (κ1) is 13.8. The van der Waals surface area contributed by atoms with Gasteiger partial charge in [-0.15, -0.1) is 0 Å². The van der Waals surface area contributed by atoms with Crippen LogP contribution in [-0.2, 0) is 0 Å². The van der Waals surface area contributed by atoms with Gasteiger partial charge in [-0.25, -0.2) is 0 Å². The molecule has 1 aromatic heterocycles. The van der Waals surface area contributed by atoms with E-state index in [1.165, 1.54) is 0 Å². The van der Waals surface area contributed by atoms with Crippen molar-refractivity contribution in [3.05, 3.63) is 57.9 Å². The van der Waals surface area contributed by atoms with Crippen LogP contribution in [0.3, 0.4) is 0 Å². The van der Waals surface area contributed by atoms with E-state index in [1.54, 1.807) is 13.2 Å². The van der Waals surface area contributed by atoms with Gasteiger partial charge in [0.15, 0.2) is 0 Å². The molecule has 0 radical (unpaired) electrons. The molecule has 1 unspecified atom stereocenters. The zero-order valence-electron chi connectivity index (χ0n) is 11.3. The van der Waals surface area contributed by atoms with Crippen LogP contribution in [0.15, 0.2) is 30.3 Å². The molecule has 2 N–H and O–H groups in total. The number of aromatic nitrogens is 1. The molecular formula is C15H17ClN2O. The number of nitrogens with two attached hydrogens (primary N) is 1. The number of pyridine rings is 1. The Hall–Kier alpha value is -1.58. The van der Waals surface area contributed by atoms with Gasteiger partial charge in [-0.05, 0) is 49.2 Å². The first-order valence-corrected chi connectivity index (χ1v) is 6.43. The van der Waals surface area contributed by atoms with Crippen molar-refractivity contribution in [2.75, 3.05) is 7.11 Å². The van der Waals surface area contributed by atoms with E-state index >= 15 is 0 Å². The second-order valence-corrected chi connectivity index (χ2v) is 4.96. The summed E-state index contributed by atoms with van der Waals surface area (Å²) in [5.41, 5.74) is 10.2. The van der Waals surface area contributed by atoms with Gasteiger partial charge in [0.1, 0.15) is 5.75 Å². The van der Waals surface area contributed by atoms with Crippen molar-refractivity contribution >= 4 is 11.6 Å². The number of halogens is 1. The average Bonchev–Trinajstić information content (AvgIpc) is 2.37. The standard InChI is InChI=1S/C15H17ClN2O/c1-9-6-12(7-10(2)18-9)15(17)11-4-5-13(16)14(8-11)19-3/h4-8,15H,17H2,1-3H3. The molecule has 0 saturated carbocycles. The summed E-state index contributed by atoms with van der Waals surface area (Å²) in [4.78, 5) is 4.36. The van der Waals surface area contributed by atoms with Crippen LogP contribution < -0.4 is 10.5 Å². The lowest BCUT2D eigenvalue weighted by Gasteiger charge is -2.15. The van der Waals surface area contributed by atoms with E-state index in [4.69, 9.17) is 22.1 Å².